The lowest BCUT2D eigenvalue weighted by molar-refractivity contribution is -0.134. The van der Waals surface area contributed by atoms with E-state index in [-0.39, 0.29) is 4.90 Å². The first kappa shape index (κ1) is 23.5. The molecule has 2 aromatic rings. The number of carbonyl (C=O) groups is 3. The Morgan fingerprint density at radius 2 is 1.69 bits per heavy atom. The third-order valence-electron chi connectivity index (χ3n) is 7.04. The van der Waals surface area contributed by atoms with Crippen LogP contribution in [0.4, 0.5) is 10.5 Å². The molecule has 0 bridgehead atoms. The van der Waals surface area contributed by atoms with Crippen LogP contribution in [0.25, 0.3) is 0 Å². The molecule has 9 nitrogen and oxygen atoms in total. The summed E-state index contributed by atoms with van der Waals surface area (Å²) in [5.41, 5.74) is 1.08. The highest BCUT2D eigenvalue weighted by Gasteiger charge is 2.53. The SMILES string of the molecule is O=C(CN1C(=O)N[C@@]2(CCCCc3ccccc32)C1=O)Nc1ccc(S(=O)(=O)N2CCCC2)cc1. The van der Waals surface area contributed by atoms with Gasteiger partial charge in [0.25, 0.3) is 5.91 Å². The number of rotatable bonds is 5. The molecule has 184 valence electrons. The first-order valence-electron chi connectivity index (χ1n) is 11.9. The van der Waals surface area contributed by atoms with Crippen molar-refractivity contribution in [3.05, 3.63) is 59.7 Å². The van der Waals surface area contributed by atoms with Gasteiger partial charge in [0.2, 0.25) is 15.9 Å². The number of hydrogen-bond acceptors (Lipinski definition) is 5. The van der Waals surface area contributed by atoms with Gasteiger partial charge in [-0.1, -0.05) is 24.3 Å². The first-order chi connectivity index (χ1) is 16.8. The average Bonchev–Trinajstić information content (AvgIpc) is 3.42. The number of fused-ring (bicyclic) bond motifs is 2. The van der Waals surface area contributed by atoms with Gasteiger partial charge in [-0.25, -0.2) is 13.2 Å². The topological polar surface area (TPSA) is 116 Å². The minimum absolute atomic E-state index is 0.167. The summed E-state index contributed by atoms with van der Waals surface area (Å²) in [4.78, 5) is 40.1. The predicted octanol–water partition coefficient (Wildman–Crippen LogP) is 2.58. The van der Waals surface area contributed by atoms with Crippen LogP contribution >= 0.6 is 0 Å². The van der Waals surface area contributed by atoms with E-state index in [4.69, 9.17) is 0 Å². The molecule has 2 aromatic carbocycles. The minimum Gasteiger partial charge on any atom is -0.325 e. The second kappa shape index (κ2) is 9.09. The molecule has 0 unspecified atom stereocenters. The van der Waals surface area contributed by atoms with Gasteiger partial charge in [0.05, 0.1) is 4.90 Å². The lowest BCUT2D eigenvalue weighted by atomic mass is 9.84. The number of amides is 4. The zero-order valence-electron chi connectivity index (χ0n) is 19.3. The quantitative estimate of drug-likeness (QED) is 0.618. The van der Waals surface area contributed by atoms with Crippen molar-refractivity contribution < 1.29 is 22.8 Å². The molecule has 10 heteroatoms. The van der Waals surface area contributed by atoms with Crippen LogP contribution in [0, 0.1) is 0 Å². The van der Waals surface area contributed by atoms with Crippen LogP contribution < -0.4 is 10.6 Å². The van der Waals surface area contributed by atoms with Gasteiger partial charge >= 0.3 is 6.03 Å². The Kier molecular flexibility index (Phi) is 6.10. The average molecular weight is 497 g/mol. The lowest BCUT2D eigenvalue weighted by Crippen LogP contribution is -2.44. The number of benzene rings is 2. The third-order valence-corrected chi connectivity index (χ3v) is 8.96. The molecule has 3 aliphatic rings. The number of anilines is 1. The van der Waals surface area contributed by atoms with Crippen molar-refractivity contribution in [3.63, 3.8) is 0 Å². The normalized spacial score (nSPS) is 22.7. The zero-order valence-corrected chi connectivity index (χ0v) is 20.1. The van der Waals surface area contributed by atoms with Crippen LogP contribution in [-0.4, -0.2) is 55.1 Å². The van der Waals surface area contributed by atoms with Crippen LogP contribution in [-0.2, 0) is 31.6 Å². The van der Waals surface area contributed by atoms with Gasteiger partial charge in [0, 0.05) is 18.8 Å². The smallest absolute Gasteiger partial charge is 0.325 e. The van der Waals surface area contributed by atoms with E-state index in [1.54, 1.807) is 0 Å². The summed E-state index contributed by atoms with van der Waals surface area (Å²) in [7, 11) is -3.55. The summed E-state index contributed by atoms with van der Waals surface area (Å²) >= 11 is 0. The van der Waals surface area contributed by atoms with E-state index in [9.17, 15) is 22.8 Å². The minimum atomic E-state index is -3.55. The number of nitrogens with zero attached hydrogens (tertiary/aromatic N) is 2. The van der Waals surface area contributed by atoms with Crippen molar-refractivity contribution in [1.82, 2.24) is 14.5 Å². The number of urea groups is 1. The van der Waals surface area contributed by atoms with Gasteiger partial charge in [0.15, 0.2) is 0 Å². The van der Waals surface area contributed by atoms with Crippen molar-refractivity contribution in [3.8, 4) is 0 Å². The van der Waals surface area contributed by atoms with E-state index in [0.29, 0.717) is 25.2 Å². The number of carbonyl (C=O) groups excluding carboxylic acids is 3. The van der Waals surface area contributed by atoms with E-state index in [0.717, 1.165) is 48.1 Å². The fourth-order valence-electron chi connectivity index (χ4n) is 5.25. The molecule has 0 saturated carbocycles. The second-order valence-electron chi connectivity index (χ2n) is 9.27. The van der Waals surface area contributed by atoms with E-state index in [1.165, 1.54) is 28.6 Å². The maximum absolute atomic E-state index is 13.5. The number of sulfonamides is 1. The van der Waals surface area contributed by atoms with Crippen LogP contribution in [0.5, 0.6) is 0 Å². The van der Waals surface area contributed by atoms with Gasteiger partial charge in [-0.2, -0.15) is 4.31 Å². The number of nitrogens with one attached hydrogen (secondary N) is 2. The summed E-state index contributed by atoms with van der Waals surface area (Å²) in [5.74, 6) is -0.957. The van der Waals surface area contributed by atoms with Gasteiger partial charge in [-0.3, -0.25) is 14.5 Å². The monoisotopic (exact) mass is 496 g/mol. The standard InChI is InChI=1S/C25H28N4O5S/c30-22(26-19-10-12-20(13-11-19)35(33,34)28-15-5-6-16-28)17-29-23(31)25(27-24(29)32)14-4-3-8-18-7-1-2-9-21(18)25/h1-2,7,9-13H,3-6,8,14-17H2,(H,26,30)(H,27,32)/t25-/m1/s1. The molecular weight excluding hydrogens is 468 g/mol. The molecule has 1 atom stereocenters. The molecule has 2 aliphatic heterocycles. The summed E-state index contributed by atoms with van der Waals surface area (Å²) in [5, 5.41) is 5.53. The van der Waals surface area contributed by atoms with Crippen molar-refractivity contribution in [2.75, 3.05) is 25.0 Å². The Balaban J connectivity index is 1.28. The molecule has 5 rings (SSSR count). The van der Waals surface area contributed by atoms with Crippen molar-refractivity contribution in [2.24, 2.45) is 0 Å². The fraction of sp³-hybridized carbons (Fsp3) is 0.400. The Morgan fingerprint density at radius 3 is 2.43 bits per heavy atom. The molecule has 35 heavy (non-hydrogen) atoms. The van der Waals surface area contributed by atoms with Crippen molar-refractivity contribution in [2.45, 2.75) is 49.0 Å². The highest BCUT2D eigenvalue weighted by atomic mass is 32.2. The van der Waals surface area contributed by atoms with E-state index >= 15 is 0 Å². The molecule has 0 radical (unpaired) electrons. The van der Waals surface area contributed by atoms with Crippen LogP contribution in [0.3, 0.4) is 0 Å². The molecule has 0 aromatic heterocycles. The Labute approximate surface area is 204 Å². The van der Waals surface area contributed by atoms with Gasteiger partial charge in [-0.15, -0.1) is 0 Å². The Hall–Kier alpha value is -3.24. The van der Waals surface area contributed by atoms with Crippen LogP contribution in [0.15, 0.2) is 53.4 Å². The van der Waals surface area contributed by atoms with Crippen molar-refractivity contribution >= 4 is 33.6 Å². The summed E-state index contributed by atoms with van der Waals surface area (Å²) in [6, 6.07) is 13.0. The second-order valence-corrected chi connectivity index (χ2v) is 11.2. The largest absolute Gasteiger partial charge is 0.325 e. The van der Waals surface area contributed by atoms with Gasteiger partial charge in [-0.05, 0) is 73.9 Å². The molecule has 2 fully saturated rings. The van der Waals surface area contributed by atoms with Crippen LogP contribution in [0.1, 0.15) is 43.2 Å². The van der Waals surface area contributed by atoms with Gasteiger partial charge in [0.1, 0.15) is 12.1 Å². The molecule has 4 amide bonds. The maximum atomic E-state index is 13.5. The van der Waals surface area contributed by atoms with E-state index in [1.807, 2.05) is 24.3 Å². The molecule has 1 aliphatic carbocycles. The highest BCUT2D eigenvalue weighted by molar-refractivity contribution is 7.89. The molecule has 2 N–H and O–H groups in total. The summed E-state index contributed by atoms with van der Waals surface area (Å²) < 4.78 is 26.8. The van der Waals surface area contributed by atoms with E-state index < -0.39 is 40.0 Å². The summed E-state index contributed by atoms with van der Waals surface area (Å²) in [6.07, 6.45) is 4.73. The number of aryl methyl sites for hydroxylation is 1. The molecule has 2 saturated heterocycles. The zero-order chi connectivity index (χ0) is 24.6. The van der Waals surface area contributed by atoms with E-state index in [2.05, 4.69) is 10.6 Å². The maximum Gasteiger partial charge on any atom is 0.325 e. The van der Waals surface area contributed by atoms with Crippen LogP contribution in [0.2, 0.25) is 0 Å². The fourth-order valence-corrected chi connectivity index (χ4v) is 6.77. The predicted molar refractivity (Wildman–Crippen MR) is 129 cm³/mol. The third kappa shape index (κ3) is 4.21. The first-order valence-corrected chi connectivity index (χ1v) is 13.4. The lowest BCUT2D eigenvalue weighted by Gasteiger charge is -2.27. The Morgan fingerprint density at radius 1 is 0.971 bits per heavy atom. The van der Waals surface area contributed by atoms with Crippen molar-refractivity contribution in [1.29, 1.82) is 0 Å². The number of imide groups is 1. The molecular formula is C25H28N4O5S. The highest BCUT2D eigenvalue weighted by Crippen LogP contribution is 2.39. The van der Waals surface area contributed by atoms with Gasteiger partial charge < -0.3 is 10.6 Å². The molecule has 1 spiro atoms. The molecule has 2 heterocycles. The summed E-state index contributed by atoms with van der Waals surface area (Å²) in [6.45, 7) is 0.597. The Bertz CT molecular complexity index is 1270. The number of hydrogen-bond donors (Lipinski definition) is 2.